The fraction of sp³-hybridized carbons (Fsp3) is 0.100. The van der Waals surface area contributed by atoms with Gasteiger partial charge in [0.05, 0.1) is 0 Å². The van der Waals surface area contributed by atoms with E-state index in [0.29, 0.717) is 5.56 Å². The van der Waals surface area contributed by atoms with Gasteiger partial charge in [-0.25, -0.2) is 9.97 Å². The molecule has 4 nitrogen and oxygen atoms in total. The number of carbonyl (C=O) groups is 1. The third-order valence-electron chi connectivity index (χ3n) is 1.92. The van der Waals surface area contributed by atoms with Gasteiger partial charge in [0.15, 0.2) is 5.78 Å². The maximum absolute atomic E-state index is 11.0. The average molecular weight is 187 g/mol. The van der Waals surface area contributed by atoms with Gasteiger partial charge < -0.3 is 0 Å². The number of ketones is 1. The second-order valence-electron chi connectivity index (χ2n) is 2.93. The van der Waals surface area contributed by atoms with Gasteiger partial charge in [-0.1, -0.05) is 0 Å². The highest BCUT2D eigenvalue weighted by atomic mass is 16.1. The molecule has 0 saturated heterocycles. The van der Waals surface area contributed by atoms with E-state index in [2.05, 4.69) is 9.97 Å². The van der Waals surface area contributed by atoms with Gasteiger partial charge in [-0.05, 0) is 19.1 Å². The average Bonchev–Trinajstić information content (AvgIpc) is 2.71. The minimum atomic E-state index is 0.0229. The minimum Gasteiger partial charge on any atom is -0.294 e. The van der Waals surface area contributed by atoms with E-state index >= 15 is 0 Å². The number of carbonyl (C=O) groups excluding carboxylic acids is 1. The van der Waals surface area contributed by atoms with E-state index in [0.717, 1.165) is 5.82 Å². The van der Waals surface area contributed by atoms with Crippen LogP contribution in [0.2, 0.25) is 0 Å². The Balaban J connectivity index is 2.36. The van der Waals surface area contributed by atoms with Crippen LogP contribution < -0.4 is 0 Å². The zero-order valence-electron chi connectivity index (χ0n) is 7.71. The maximum atomic E-state index is 11.0. The van der Waals surface area contributed by atoms with Crippen LogP contribution in [0.1, 0.15) is 17.3 Å². The van der Waals surface area contributed by atoms with Crippen LogP contribution in [0.4, 0.5) is 0 Å². The van der Waals surface area contributed by atoms with Crippen LogP contribution in [0.3, 0.4) is 0 Å². The van der Waals surface area contributed by atoms with E-state index < -0.39 is 0 Å². The molecule has 0 atom stereocenters. The Labute approximate surface area is 81.2 Å². The molecule has 0 N–H and O–H groups in total. The smallest absolute Gasteiger partial charge is 0.161 e. The summed E-state index contributed by atoms with van der Waals surface area (Å²) in [7, 11) is 0. The normalized spacial score (nSPS) is 10.1. The topological polar surface area (TPSA) is 47.8 Å². The number of hydrogen-bond acceptors (Lipinski definition) is 3. The van der Waals surface area contributed by atoms with Gasteiger partial charge >= 0.3 is 0 Å². The monoisotopic (exact) mass is 187 g/mol. The second kappa shape index (κ2) is 3.41. The van der Waals surface area contributed by atoms with Gasteiger partial charge in [0, 0.05) is 24.2 Å². The lowest BCUT2D eigenvalue weighted by Crippen LogP contribution is -1.97. The summed E-state index contributed by atoms with van der Waals surface area (Å²) in [6.07, 6.45) is 6.71. The predicted octanol–water partition coefficient (Wildman–Crippen LogP) is 1.47. The largest absolute Gasteiger partial charge is 0.294 e. The number of nitrogens with zero attached hydrogens (tertiary/aromatic N) is 3. The van der Waals surface area contributed by atoms with E-state index in [1.807, 2.05) is 0 Å². The van der Waals surface area contributed by atoms with Crippen molar-refractivity contribution < 1.29 is 4.79 Å². The van der Waals surface area contributed by atoms with Gasteiger partial charge in [-0.3, -0.25) is 9.36 Å². The fourth-order valence-electron chi connectivity index (χ4n) is 1.14. The van der Waals surface area contributed by atoms with Crippen molar-refractivity contribution in [2.75, 3.05) is 0 Å². The van der Waals surface area contributed by atoms with Crippen molar-refractivity contribution in [3.8, 4) is 5.82 Å². The zero-order chi connectivity index (χ0) is 9.97. The number of pyridine rings is 1. The molecule has 0 aliphatic rings. The van der Waals surface area contributed by atoms with Crippen molar-refractivity contribution in [3.05, 3.63) is 42.6 Å². The minimum absolute atomic E-state index is 0.0229. The van der Waals surface area contributed by atoms with Crippen LogP contribution in [-0.4, -0.2) is 20.3 Å². The van der Waals surface area contributed by atoms with Crippen molar-refractivity contribution in [1.29, 1.82) is 0 Å². The van der Waals surface area contributed by atoms with Gasteiger partial charge in [-0.15, -0.1) is 0 Å². The third kappa shape index (κ3) is 1.54. The van der Waals surface area contributed by atoms with E-state index in [4.69, 9.17) is 0 Å². The molecule has 4 heteroatoms. The molecular formula is C10H9N3O. The summed E-state index contributed by atoms with van der Waals surface area (Å²) in [4.78, 5) is 19.0. The molecule has 0 aliphatic carbocycles. The number of hydrogen-bond donors (Lipinski definition) is 0. The molecule has 0 fully saturated rings. The third-order valence-corrected chi connectivity index (χ3v) is 1.92. The second-order valence-corrected chi connectivity index (χ2v) is 2.93. The Morgan fingerprint density at radius 2 is 2.29 bits per heavy atom. The Hall–Kier alpha value is -1.97. The molecule has 0 amide bonds. The number of imidazole rings is 1. The first-order valence-electron chi connectivity index (χ1n) is 4.23. The summed E-state index contributed by atoms with van der Waals surface area (Å²) < 4.78 is 1.78. The van der Waals surface area contributed by atoms with Crippen LogP contribution in [0.15, 0.2) is 37.1 Å². The first kappa shape index (κ1) is 8.62. The molecule has 0 bridgehead atoms. The first-order valence-corrected chi connectivity index (χ1v) is 4.23. The Bertz CT molecular complexity index is 431. The summed E-state index contributed by atoms with van der Waals surface area (Å²) in [6, 6.07) is 3.54. The number of Topliss-reactive ketones (excluding diaryl/α,β-unsaturated/α-hetero) is 1. The molecule has 2 aromatic rings. The highest BCUT2D eigenvalue weighted by Gasteiger charge is 2.00. The van der Waals surface area contributed by atoms with Gasteiger partial charge in [-0.2, -0.15) is 0 Å². The molecule has 2 heterocycles. The van der Waals surface area contributed by atoms with E-state index in [9.17, 15) is 4.79 Å². The molecule has 70 valence electrons. The van der Waals surface area contributed by atoms with Gasteiger partial charge in [0.25, 0.3) is 0 Å². The van der Waals surface area contributed by atoms with E-state index in [1.165, 1.54) is 6.92 Å². The van der Waals surface area contributed by atoms with Crippen molar-refractivity contribution in [1.82, 2.24) is 14.5 Å². The molecular weight excluding hydrogens is 178 g/mol. The van der Waals surface area contributed by atoms with Crippen molar-refractivity contribution in [2.45, 2.75) is 6.92 Å². The van der Waals surface area contributed by atoms with Crippen molar-refractivity contribution in [2.24, 2.45) is 0 Å². The molecule has 0 aromatic carbocycles. The molecule has 14 heavy (non-hydrogen) atoms. The summed E-state index contributed by atoms with van der Waals surface area (Å²) in [5.41, 5.74) is 0.619. The SMILES string of the molecule is CC(=O)c1ccc(-n2ccnc2)nc1. The van der Waals surface area contributed by atoms with E-state index in [1.54, 1.807) is 41.6 Å². The highest BCUT2D eigenvalue weighted by Crippen LogP contribution is 2.05. The number of aromatic nitrogens is 3. The summed E-state index contributed by atoms with van der Waals surface area (Å²) in [5.74, 6) is 0.780. The maximum Gasteiger partial charge on any atom is 0.161 e. The standard InChI is InChI=1S/C10H9N3O/c1-8(14)9-2-3-10(12-6-9)13-5-4-11-7-13/h2-7H,1H3. The summed E-state index contributed by atoms with van der Waals surface area (Å²) in [5, 5.41) is 0. The fourth-order valence-corrected chi connectivity index (χ4v) is 1.14. The molecule has 0 radical (unpaired) electrons. The van der Waals surface area contributed by atoms with Crippen LogP contribution in [0.25, 0.3) is 5.82 Å². The summed E-state index contributed by atoms with van der Waals surface area (Å²) >= 11 is 0. The zero-order valence-corrected chi connectivity index (χ0v) is 7.71. The molecule has 2 rings (SSSR count). The predicted molar refractivity (Wildman–Crippen MR) is 51.4 cm³/mol. The van der Waals surface area contributed by atoms with Crippen LogP contribution in [0.5, 0.6) is 0 Å². The van der Waals surface area contributed by atoms with Crippen molar-refractivity contribution in [3.63, 3.8) is 0 Å². The molecule has 0 unspecified atom stereocenters. The van der Waals surface area contributed by atoms with Crippen LogP contribution in [0, 0.1) is 0 Å². The van der Waals surface area contributed by atoms with Crippen molar-refractivity contribution >= 4 is 5.78 Å². The van der Waals surface area contributed by atoms with Gasteiger partial charge in [0.1, 0.15) is 12.1 Å². The molecule has 2 aromatic heterocycles. The first-order chi connectivity index (χ1) is 6.77. The van der Waals surface area contributed by atoms with E-state index in [-0.39, 0.29) is 5.78 Å². The molecule has 0 spiro atoms. The quantitative estimate of drug-likeness (QED) is 0.669. The summed E-state index contributed by atoms with van der Waals surface area (Å²) in [6.45, 7) is 1.52. The molecule has 0 aliphatic heterocycles. The Morgan fingerprint density at radius 3 is 2.79 bits per heavy atom. The lowest BCUT2D eigenvalue weighted by molar-refractivity contribution is 0.101. The number of rotatable bonds is 2. The Kier molecular flexibility index (Phi) is 2.10. The van der Waals surface area contributed by atoms with Gasteiger partial charge in [0.2, 0.25) is 0 Å². The highest BCUT2D eigenvalue weighted by molar-refractivity contribution is 5.93. The van der Waals surface area contributed by atoms with Crippen LogP contribution in [-0.2, 0) is 0 Å². The van der Waals surface area contributed by atoms with Crippen LogP contribution >= 0.6 is 0 Å². The molecule has 0 saturated carbocycles. The lowest BCUT2D eigenvalue weighted by atomic mass is 10.2. The lowest BCUT2D eigenvalue weighted by Gasteiger charge is -2.00. The Morgan fingerprint density at radius 1 is 1.43 bits per heavy atom.